The lowest BCUT2D eigenvalue weighted by molar-refractivity contribution is 0.0741. The monoisotopic (exact) mass is 442 g/mol. The molecular weight excluding hydrogens is 419 g/mol. The van der Waals surface area contributed by atoms with E-state index in [4.69, 9.17) is 0 Å². The summed E-state index contributed by atoms with van der Waals surface area (Å²) in [5.74, 6) is -0.340. The summed E-state index contributed by atoms with van der Waals surface area (Å²) < 4.78 is 15.9. The van der Waals surface area contributed by atoms with Gasteiger partial charge < -0.3 is 14.2 Å². The Morgan fingerprint density at radius 1 is 0.848 bits per heavy atom. The van der Waals surface area contributed by atoms with Crippen LogP contribution in [0.25, 0.3) is 16.8 Å². The second kappa shape index (κ2) is 8.50. The maximum absolute atomic E-state index is 14.1. The standard InChI is InChI=1S/C26H23FN4O2/c1-18(32)19-6-8-20(9-7-19)21-10-11-25-28-23(17-31(25)16-21)26(33)30-14-12-29(13-15-30)24-5-3-2-4-22(24)27/h2-11,16-17H,12-15H2,1H3. The van der Waals surface area contributed by atoms with Gasteiger partial charge in [0.25, 0.3) is 5.91 Å². The van der Waals surface area contributed by atoms with Crippen molar-refractivity contribution in [1.82, 2.24) is 14.3 Å². The predicted octanol–water partition coefficient (Wildman–Crippen LogP) is 4.31. The lowest BCUT2D eigenvalue weighted by Gasteiger charge is -2.35. The van der Waals surface area contributed by atoms with E-state index >= 15 is 0 Å². The molecule has 1 aliphatic heterocycles. The Labute approximate surface area is 190 Å². The Bertz CT molecular complexity index is 1340. The number of amides is 1. The van der Waals surface area contributed by atoms with Gasteiger partial charge in [0, 0.05) is 44.1 Å². The lowest BCUT2D eigenvalue weighted by atomic mass is 10.0. The molecule has 0 radical (unpaired) electrons. The number of benzene rings is 2. The number of rotatable bonds is 4. The summed E-state index contributed by atoms with van der Waals surface area (Å²) in [5, 5.41) is 0. The molecule has 33 heavy (non-hydrogen) atoms. The summed E-state index contributed by atoms with van der Waals surface area (Å²) >= 11 is 0. The smallest absolute Gasteiger partial charge is 0.274 e. The number of fused-ring (bicyclic) bond motifs is 1. The van der Waals surface area contributed by atoms with E-state index in [1.807, 2.05) is 58.0 Å². The number of para-hydroxylation sites is 1. The topological polar surface area (TPSA) is 57.9 Å². The first-order valence-electron chi connectivity index (χ1n) is 10.9. The summed E-state index contributed by atoms with van der Waals surface area (Å²) in [4.78, 5) is 32.8. The number of carbonyl (C=O) groups excluding carboxylic acids is 2. The first-order chi connectivity index (χ1) is 16.0. The number of aromatic nitrogens is 2. The molecule has 0 aliphatic carbocycles. The highest BCUT2D eigenvalue weighted by molar-refractivity contribution is 5.94. The minimum atomic E-state index is -0.246. The van der Waals surface area contributed by atoms with Gasteiger partial charge in [-0.25, -0.2) is 9.37 Å². The van der Waals surface area contributed by atoms with Crippen LogP contribution in [0.5, 0.6) is 0 Å². The molecule has 5 rings (SSSR count). The van der Waals surface area contributed by atoms with E-state index in [1.165, 1.54) is 6.07 Å². The quantitative estimate of drug-likeness (QED) is 0.442. The van der Waals surface area contributed by atoms with Crippen molar-refractivity contribution in [3.05, 3.63) is 90.1 Å². The van der Waals surface area contributed by atoms with Gasteiger partial charge >= 0.3 is 0 Å². The van der Waals surface area contributed by atoms with E-state index in [1.54, 1.807) is 30.2 Å². The second-order valence-corrected chi connectivity index (χ2v) is 8.17. The summed E-state index contributed by atoms with van der Waals surface area (Å²) in [5.41, 5.74) is 4.26. The second-order valence-electron chi connectivity index (χ2n) is 8.17. The zero-order chi connectivity index (χ0) is 22.9. The third kappa shape index (κ3) is 4.09. The minimum Gasteiger partial charge on any atom is -0.366 e. The number of hydrogen-bond donors (Lipinski definition) is 0. The van der Waals surface area contributed by atoms with Crippen molar-refractivity contribution in [3.8, 4) is 11.1 Å². The molecule has 7 heteroatoms. The number of halogens is 1. The molecule has 0 unspecified atom stereocenters. The van der Waals surface area contributed by atoms with Gasteiger partial charge in [-0.15, -0.1) is 0 Å². The summed E-state index contributed by atoms with van der Waals surface area (Å²) in [7, 11) is 0. The first kappa shape index (κ1) is 20.9. The Morgan fingerprint density at radius 2 is 1.55 bits per heavy atom. The van der Waals surface area contributed by atoms with Crippen LogP contribution in [0.1, 0.15) is 27.8 Å². The highest BCUT2D eigenvalue weighted by Crippen LogP contribution is 2.23. The number of pyridine rings is 1. The molecule has 0 spiro atoms. The fourth-order valence-corrected chi connectivity index (χ4v) is 4.18. The lowest BCUT2D eigenvalue weighted by Crippen LogP contribution is -2.49. The van der Waals surface area contributed by atoms with E-state index in [2.05, 4.69) is 4.98 Å². The summed E-state index contributed by atoms with van der Waals surface area (Å²) in [6, 6.07) is 18.0. The number of Topliss-reactive ketones (excluding diaryl/α,β-unsaturated/α-hetero) is 1. The molecule has 2 aromatic carbocycles. The van der Waals surface area contributed by atoms with Gasteiger partial charge in [-0.2, -0.15) is 0 Å². The average molecular weight is 442 g/mol. The normalized spacial score (nSPS) is 14.0. The van der Waals surface area contributed by atoms with Gasteiger partial charge in [0.15, 0.2) is 5.78 Å². The van der Waals surface area contributed by atoms with Crippen LogP contribution in [0.15, 0.2) is 73.1 Å². The largest absolute Gasteiger partial charge is 0.366 e. The number of carbonyl (C=O) groups is 2. The van der Waals surface area contributed by atoms with Crippen molar-refractivity contribution < 1.29 is 14.0 Å². The van der Waals surface area contributed by atoms with Crippen LogP contribution in [0.4, 0.5) is 10.1 Å². The van der Waals surface area contributed by atoms with Crippen molar-refractivity contribution in [3.63, 3.8) is 0 Å². The maximum Gasteiger partial charge on any atom is 0.274 e. The Morgan fingerprint density at radius 3 is 2.24 bits per heavy atom. The molecule has 1 amide bonds. The van der Waals surface area contributed by atoms with E-state index < -0.39 is 0 Å². The highest BCUT2D eigenvalue weighted by Gasteiger charge is 2.25. The van der Waals surface area contributed by atoms with Crippen molar-refractivity contribution in [2.75, 3.05) is 31.1 Å². The zero-order valence-electron chi connectivity index (χ0n) is 18.2. The van der Waals surface area contributed by atoms with Crippen LogP contribution < -0.4 is 4.90 Å². The molecule has 0 N–H and O–H groups in total. The number of anilines is 1. The molecule has 2 aromatic heterocycles. The van der Waals surface area contributed by atoms with Crippen molar-refractivity contribution in [2.45, 2.75) is 6.92 Å². The van der Waals surface area contributed by atoms with Crippen LogP contribution >= 0.6 is 0 Å². The predicted molar refractivity (Wildman–Crippen MR) is 125 cm³/mol. The van der Waals surface area contributed by atoms with Gasteiger partial charge in [0.05, 0.1) is 5.69 Å². The minimum absolute atomic E-state index is 0.0319. The van der Waals surface area contributed by atoms with Crippen LogP contribution in [-0.4, -0.2) is 52.2 Å². The van der Waals surface area contributed by atoms with E-state index in [-0.39, 0.29) is 17.5 Å². The Kier molecular flexibility index (Phi) is 5.38. The molecule has 3 heterocycles. The summed E-state index contributed by atoms with van der Waals surface area (Å²) in [6.07, 6.45) is 3.67. The van der Waals surface area contributed by atoms with E-state index in [9.17, 15) is 14.0 Å². The Hall–Kier alpha value is -4.00. The van der Waals surface area contributed by atoms with Crippen LogP contribution in [0.3, 0.4) is 0 Å². The third-order valence-corrected chi connectivity index (χ3v) is 6.05. The highest BCUT2D eigenvalue weighted by atomic mass is 19.1. The van der Waals surface area contributed by atoms with Gasteiger partial charge in [-0.1, -0.05) is 36.4 Å². The van der Waals surface area contributed by atoms with Gasteiger partial charge in [0.2, 0.25) is 0 Å². The SMILES string of the molecule is CC(=O)c1ccc(-c2ccc3nc(C(=O)N4CCN(c5ccccc5F)CC4)cn3c2)cc1. The van der Waals surface area contributed by atoms with Crippen molar-refractivity contribution >= 4 is 23.0 Å². The number of hydrogen-bond acceptors (Lipinski definition) is 4. The van der Waals surface area contributed by atoms with Crippen LogP contribution in [-0.2, 0) is 0 Å². The number of nitrogens with zero attached hydrogens (tertiary/aromatic N) is 4. The van der Waals surface area contributed by atoms with Gasteiger partial charge in [0.1, 0.15) is 17.2 Å². The number of imidazole rings is 1. The molecule has 0 saturated carbocycles. The van der Waals surface area contributed by atoms with Gasteiger partial charge in [-0.3, -0.25) is 9.59 Å². The molecule has 0 atom stereocenters. The van der Waals surface area contributed by atoms with Crippen molar-refractivity contribution in [2.24, 2.45) is 0 Å². The molecule has 6 nitrogen and oxygen atoms in total. The van der Waals surface area contributed by atoms with Crippen LogP contribution in [0, 0.1) is 5.82 Å². The molecule has 166 valence electrons. The molecule has 1 saturated heterocycles. The summed E-state index contributed by atoms with van der Waals surface area (Å²) in [6.45, 7) is 3.70. The number of ketones is 1. The van der Waals surface area contributed by atoms with Crippen molar-refractivity contribution in [1.29, 1.82) is 0 Å². The average Bonchev–Trinajstić information content (AvgIpc) is 3.27. The maximum atomic E-state index is 14.1. The first-order valence-corrected chi connectivity index (χ1v) is 10.9. The fraction of sp³-hybridized carbons (Fsp3) is 0.192. The van der Waals surface area contributed by atoms with E-state index in [0.717, 1.165) is 11.1 Å². The van der Waals surface area contributed by atoms with E-state index in [0.29, 0.717) is 48.8 Å². The molecular formula is C26H23FN4O2. The molecule has 1 fully saturated rings. The van der Waals surface area contributed by atoms with Crippen LogP contribution in [0.2, 0.25) is 0 Å². The molecule has 4 aromatic rings. The third-order valence-electron chi connectivity index (χ3n) is 6.05. The Balaban J connectivity index is 1.31. The van der Waals surface area contributed by atoms with Gasteiger partial charge in [-0.05, 0) is 42.3 Å². The molecule has 0 bridgehead atoms. The fourth-order valence-electron chi connectivity index (χ4n) is 4.18. The number of piperazine rings is 1. The zero-order valence-corrected chi connectivity index (χ0v) is 18.2. The molecule has 1 aliphatic rings.